The Morgan fingerprint density at radius 3 is 2.82 bits per heavy atom. The molecule has 2 rings (SSSR count). The van der Waals surface area contributed by atoms with E-state index in [9.17, 15) is 4.79 Å². The van der Waals surface area contributed by atoms with Gasteiger partial charge in [0.2, 0.25) is 0 Å². The maximum Gasteiger partial charge on any atom is 0.168 e. The van der Waals surface area contributed by atoms with Crippen molar-refractivity contribution in [1.29, 1.82) is 0 Å². The quantitative estimate of drug-likeness (QED) is 0.281. The molecule has 22 heavy (non-hydrogen) atoms. The summed E-state index contributed by atoms with van der Waals surface area (Å²) >= 11 is 12.7. The summed E-state index contributed by atoms with van der Waals surface area (Å²) in [6.45, 7) is 0. The number of nitrogens with zero attached hydrogens (tertiary/aromatic N) is 2. The predicted octanol–water partition coefficient (Wildman–Crippen LogP) is 3.32. The van der Waals surface area contributed by atoms with Crippen LogP contribution in [-0.2, 0) is 0 Å². The van der Waals surface area contributed by atoms with Crippen LogP contribution in [-0.4, -0.2) is 21.5 Å². The number of nitrogens with two attached hydrogens (primary N) is 1. The maximum absolute atomic E-state index is 10.6. The summed E-state index contributed by atoms with van der Waals surface area (Å²) < 4.78 is 0.557. The van der Waals surface area contributed by atoms with E-state index >= 15 is 0 Å². The van der Waals surface area contributed by atoms with Gasteiger partial charge in [0.1, 0.15) is 10.0 Å². The minimum Gasteiger partial charge on any atom is -0.340 e. The van der Waals surface area contributed by atoms with Crippen LogP contribution < -0.4 is 16.2 Å². The SMILES string of the molecule is NN(CSC(=S)Nc1ccccc1Cl)c1ccc(C=O)nc1. The average molecular weight is 353 g/mol. The van der Waals surface area contributed by atoms with Crippen LogP contribution in [0.1, 0.15) is 10.5 Å². The first-order chi connectivity index (χ1) is 10.6. The Hall–Kier alpha value is -1.67. The second-order valence-electron chi connectivity index (χ2n) is 4.19. The molecule has 0 amide bonds. The fraction of sp³-hybridized carbons (Fsp3) is 0.0714. The van der Waals surface area contributed by atoms with Crippen molar-refractivity contribution >= 4 is 57.6 Å². The Bertz CT molecular complexity index is 666. The number of pyridine rings is 1. The standard InChI is InChI=1S/C14H13ClN4OS2/c15-12-3-1-2-4-13(12)18-14(21)22-9-19(16)11-6-5-10(8-20)17-7-11/h1-8H,9,16H2,(H,18,21). The van der Waals surface area contributed by atoms with E-state index in [4.69, 9.17) is 29.7 Å². The predicted molar refractivity (Wildman–Crippen MR) is 96.4 cm³/mol. The third-order valence-corrected chi connectivity index (χ3v) is 4.23. The van der Waals surface area contributed by atoms with Crippen molar-refractivity contribution in [3.63, 3.8) is 0 Å². The Morgan fingerprint density at radius 2 is 2.18 bits per heavy atom. The number of carbonyl (C=O) groups excluding carboxylic acids is 1. The molecule has 0 aliphatic rings. The highest BCUT2D eigenvalue weighted by Crippen LogP contribution is 2.22. The molecule has 0 spiro atoms. The molecule has 1 aromatic carbocycles. The van der Waals surface area contributed by atoms with Crippen LogP contribution in [0.5, 0.6) is 0 Å². The van der Waals surface area contributed by atoms with Crippen LogP contribution in [0.15, 0.2) is 42.6 Å². The smallest absolute Gasteiger partial charge is 0.168 e. The fourth-order valence-electron chi connectivity index (χ4n) is 1.55. The lowest BCUT2D eigenvalue weighted by Crippen LogP contribution is -2.31. The third-order valence-electron chi connectivity index (χ3n) is 2.67. The van der Waals surface area contributed by atoms with Gasteiger partial charge in [-0.15, -0.1) is 0 Å². The first-order valence-corrected chi connectivity index (χ1v) is 7.99. The largest absolute Gasteiger partial charge is 0.340 e. The molecule has 0 fully saturated rings. The van der Waals surface area contributed by atoms with Crippen LogP contribution in [0.2, 0.25) is 5.02 Å². The van der Waals surface area contributed by atoms with Gasteiger partial charge < -0.3 is 5.32 Å². The van der Waals surface area contributed by atoms with Gasteiger partial charge in [0.25, 0.3) is 0 Å². The minimum atomic E-state index is 0.362. The van der Waals surface area contributed by atoms with Gasteiger partial charge >= 0.3 is 0 Å². The summed E-state index contributed by atoms with van der Waals surface area (Å²) in [4.78, 5) is 14.5. The van der Waals surface area contributed by atoms with Crippen molar-refractivity contribution in [2.45, 2.75) is 0 Å². The number of hydrogen-bond donors (Lipinski definition) is 2. The molecule has 8 heteroatoms. The van der Waals surface area contributed by atoms with E-state index in [1.807, 2.05) is 18.2 Å². The molecule has 0 aliphatic heterocycles. The van der Waals surface area contributed by atoms with Crippen LogP contribution in [0.3, 0.4) is 0 Å². The molecule has 114 valence electrons. The number of hydrazine groups is 1. The van der Waals surface area contributed by atoms with Crippen molar-refractivity contribution in [1.82, 2.24) is 4.98 Å². The van der Waals surface area contributed by atoms with Gasteiger partial charge in [0, 0.05) is 0 Å². The summed E-state index contributed by atoms with van der Waals surface area (Å²) in [7, 11) is 0. The highest BCUT2D eigenvalue weighted by molar-refractivity contribution is 8.23. The molecule has 1 heterocycles. The monoisotopic (exact) mass is 352 g/mol. The highest BCUT2D eigenvalue weighted by atomic mass is 35.5. The van der Waals surface area contributed by atoms with Gasteiger partial charge in [-0.3, -0.25) is 14.8 Å². The normalized spacial score (nSPS) is 10.1. The number of aromatic nitrogens is 1. The van der Waals surface area contributed by atoms with E-state index < -0.39 is 0 Å². The Labute approximate surface area is 142 Å². The zero-order chi connectivity index (χ0) is 15.9. The summed E-state index contributed by atoms with van der Waals surface area (Å²) in [5.74, 6) is 6.36. The van der Waals surface area contributed by atoms with Gasteiger partial charge in [-0.05, 0) is 24.3 Å². The third kappa shape index (κ3) is 4.67. The van der Waals surface area contributed by atoms with Crippen molar-refractivity contribution in [2.75, 3.05) is 16.2 Å². The lowest BCUT2D eigenvalue weighted by Gasteiger charge is -2.18. The van der Waals surface area contributed by atoms with Gasteiger partial charge in [-0.25, -0.2) is 5.84 Å². The number of hydrogen-bond acceptors (Lipinski definition) is 6. The van der Waals surface area contributed by atoms with Crippen molar-refractivity contribution in [2.24, 2.45) is 5.84 Å². The van der Waals surface area contributed by atoms with Crippen molar-refractivity contribution in [3.05, 3.63) is 53.3 Å². The first-order valence-electron chi connectivity index (χ1n) is 6.22. The Balaban J connectivity index is 1.87. The number of halogens is 1. The number of rotatable bonds is 5. The molecule has 0 atom stereocenters. The molecule has 0 saturated carbocycles. The van der Waals surface area contributed by atoms with Gasteiger partial charge in [0.05, 0.1) is 28.5 Å². The van der Waals surface area contributed by atoms with E-state index in [1.54, 1.807) is 18.2 Å². The summed E-state index contributed by atoms with van der Waals surface area (Å²) in [6, 6.07) is 10.7. The van der Waals surface area contributed by atoms with Crippen molar-refractivity contribution in [3.8, 4) is 0 Å². The second kappa shape index (κ2) is 8.09. The highest BCUT2D eigenvalue weighted by Gasteiger charge is 2.06. The van der Waals surface area contributed by atoms with Crippen LogP contribution >= 0.6 is 35.6 Å². The Kier molecular flexibility index (Phi) is 6.14. The van der Waals surface area contributed by atoms with Gasteiger partial charge in [-0.2, -0.15) is 0 Å². The molecule has 0 aliphatic carbocycles. The summed E-state index contributed by atoms with van der Waals surface area (Å²) in [6.07, 6.45) is 2.22. The van der Waals surface area contributed by atoms with E-state index in [2.05, 4.69) is 10.3 Å². The number of benzene rings is 1. The molecule has 0 unspecified atom stereocenters. The molecular formula is C14H13ClN4OS2. The second-order valence-corrected chi connectivity index (χ2v) is 6.22. The topological polar surface area (TPSA) is 71.2 Å². The lowest BCUT2D eigenvalue weighted by molar-refractivity contribution is 0.111. The summed E-state index contributed by atoms with van der Waals surface area (Å²) in [5.41, 5.74) is 1.81. The molecule has 1 aromatic heterocycles. The summed E-state index contributed by atoms with van der Waals surface area (Å²) in [5, 5.41) is 5.15. The maximum atomic E-state index is 10.6. The molecule has 0 radical (unpaired) electrons. The average Bonchev–Trinajstić information content (AvgIpc) is 2.55. The number of carbonyl (C=O) groups is 1. The van der Waals surface area contributed by atoms with Crippen molar-refractivity contribution < 1.29 is 4.79 Å². The number of thioether (sulfide) groups is 1. The number of anilines is 2. The molecule has 2 aromatic rings. The van der Waals surface area contributed by atoms with Crippen LogP contribution in [0.4, 0.5) is 11.4 Å². The van der Waals surface area contributed by atoms with E-state index in [0.29, 0.717) is 32.9 Å². The first kappa shape index (κ1) is 16.7. The molecule has 0 bridgehead atoms. The molecule has 0 saturated heterocycles. The van der Waals surface area contributed by atoms with E-state index in [1.165, 1.54) is 23.0 Å². The number of para-hydroxylation sites is 1. The van der Waals surface area contributed by atoms with Gasteiger partial charge in [-0.1, -0.05) is 47.7 Å². The number of nitrogens with one attached hydrogen (secondary N) is 1. The zero-order valence-electron chi connectivity index (χ0n) is 11.4. The van der Waals surface area contributed by atoms with E-state index in [-0.39, 0.29) is 0 Å². The van der Waals surface area contributed by atoms with Crippen LogP contribution in [0, 0.1) is 0 Å². The number of thiocarbonyl (C=S) groups is 1. The van der Waals surface area contributed by atoms with Crippen LogP contribution in [0.25, 0.3) is 0 Å². The zero-order valence-corrected chi connectivity index (χ0v) is 13.8. The van der Waals surface area contributed by atoms with Gasteiger partial charge in [0.15, 0.2) is 6.29 Å². The molecule has 5 nitrogen and oxygen atoms in total. The molecule has 3 N–H and O–H groups in total. The minimum absolute atomic E-state index is 0.362. The van der Waals surface area contributed by atoms with E-state index in [0.717, 1.165) is 5.69 Å². The Morgan fingerprint density at radius 1 is 1.41 bits per heavy atom. The fourth-order valence-corrected chi connectivity index (χ4v) is 2.59. The number of aldehydes is 1. The molecular weight excluding hydrogens is 340 g/mol. The lowest BCUT2D eigenvalue weighted by atomic mass is 10.3.